The summed E-state index contributed by atoms with van der Waals surface area (Å²) >= 11 is 0. The topological polar surface area (TPSA) is 224 Å². The third-order valence-electron chi connectivity index (χ3n) is 11.2. The first-order valence-electron chi connectivity index (χ1n) is 21.7. The fourth-order valence-corrected chi connectivity index (χ4v) is 7.22. The lowest BCUT2D eigenvalue weighted by atomic mass is 9.82. The summed E-state index contributed by atoms with van der Waals surface area (Å²) in [4.78, 5) is 98.5. The van der Waals surface area contributed by atoms with Gasteiger partial charge in [-0.25, -0.2) is 0 Å². The molecule has 0 unspecified atom stereocenters. The molecular formula is C45H62N2O14. The van der Waals surface area contributed by atoms with Gasteiger partial charge in [-0.3, -0.25) is 38.4 Å². The minimum Gasteiger partial charge on any atom is -0.462 e. The van der Waals surface area contributed by atoms with Gasteiger partial charge in [0.1, 0.15) is 37.3 Å². The lowest BCUT2D eigenvalue weighted by Gasteiger charge is -2.27. The molecule has 0 radical (unpaired) electrons. The molecule has 0 spiro atoms. The van der Waals surface area contributed by atoms with E-state index in [9.17, 15) is 38.4 Å². The second kappa shape index (κ2) is 24.8. The Hall–Kier alpha value is -5.28. The van der Waals surface area contributed by atoms with Gasteiger partial charge in [-0.05, 0) is 76.0 Å². The molecule has 2 aliphatic rings. The summed E-state index contributed by atoms with van der Waals surface area (Å²) in [5, 5.41) is 5.89. The monoisotopic (exact) mass is 854 g/mol. The highest BCUT2D eigenvalue weighted by Crippen LogP contribution is 2.31. The molecule has 4 rings (SSSR count). The quantitative estimate of drug-likeness (QED) is 0.101. The molecule has 2 amide bonds. The number of ether oxygens (including phenoxy) is 4. The number of carbonyl (C=O) groups is 6. The number of hydrogen-bond donors (Lipinski definition) is 2. The molecule has 2 fully saturated rings. The molecule has 61 heavy (non-hydrogen) atoms. The fourth-order valence-electron chi connectivity index (χ4n) is 7.22. The van der Waals surface area contributed by atoms with Crippen LogP contribution < -0.4 is 31.0 Å². The molecule has 0 atom stereocenters. The molecule has 0 saturated heterocycles. The number of esters is 4. The maximum absolute atomic E-state index is 12.6. The van der Waals surface area contributed by atoms with Crippen molar-refractivity contribution in [3.05, 3.63) is 56.6 Å². The summed E-state index contributed by atoms with van der Waals surface area (Å²) in [6.45, 7) is 8.13. The minimum atomic E-state index is -0.596. The van der Waals surface area contributed by atoms with E-state index in [1.807, 2.05) is 27.7 Å². The van der Waals surface area contributed by atoms with Crippen LogP contribution in [0.2, 0.25) is 0 Å². The first-order valence-corrected chi connectivity index (χ1v) is 21.7. The van der Waals surface area contributed by atoms with Crippen molar-refractivity contribution in [1.29, 1.82) is 0 Å². The highest BCUT2D eigenvalue weighted by molar-refractivity contribution is 5.78. The average Bonchev–Trinajstić information content (AvgIpc) is 3.24. The highest BCUT2D eigenvalue weighted by Gasteiger charge is 2.29. The van der Waals surface area contributed by atoms with E-state index in [1.165, 1.54) is 0 Å². The second-order valence-corrected chi connectivity index (χ2v) is 16.8. The zero-order valence-electron chi connectivity index (χ0n) is 35.9. The Kier molecular flexibility index (Phi) is 19.7. The smallest absolute Gasteiger partial charge is 0.311 e. The molecule has 16 heteroatoms. The maximum Gasteiger partial charge on any atom is 0.311 e. The van der Waals surface area contributed by atoms with Crippen LogP contribution in [0.5, 0.6) is 11.5 Å². The first-order chi connectivity index (χ1) is 29.2. The van der Waals surface area contributed by atoms with Crippen molar-refractivity contribution in [3.8, 4) is 11.5 Å². The molecule has 2 aromatic rings. The largest absolute Gasteiger partial charge is 0.462 e. The van der Waals surface area contributed by atoms with Crippen LogP contribution >= 0.6 is 0 Å². The van der Waals surface area contributed by atoms with Gasteiger partial charge in [0, 0.05) is 49.9 Å². The number of nitrogens with one attached hydrogen (secondary N) is 2. The van der Waals surface area contributed by atoms with Gasteiger partial charge in [-0.15, -0.1) is 0 Å². The molecule has 0 bridgehead atoms. The average molecular weight is 855 g/mol. The van der Waals surface area contributed by atoms with Crippen LogP contribution in [-0.2, 0) is 51.5 Å². The summed E-state index contributed by atoms with van der Waals surface area (Å²) in [5.74, 6) is -2.17. The number of amides is 2. The van der Waals surface area contributed by atoms with Gasteiger partial charge in [0.2, 0.25) is 34.2 Å². The molecule has 2 aromatic heterocycles. The normalized spacial score (nSPS) is 18.9. The van der Waals surface area contributed by atoms with Crippen molar-refractivity contribution in [2.75, 3.05) is 13.1 Å². The lowest BCUT2D eigenvalue weighted by Crippen LogP contribution is -2.34. The van der Waals surface area contributed by atoms with Crippen LogP contribution in [0.25, 0.3) is 0 Å². The standard InChI is InChI=1S/C45H62N2O14/c1-28(2)42(52)46-22-30-12-16-32(17-13-30)44(54)58-24-34-20-36(48)38(26-56-34)60-40(50)10-8-6-5-7-9-11-41(51)61-39-27-57-35(21-37(39)49)25-59-45(55)33-18-14-31(15-19-33)23-47-43(53)29(3)4/h20-21,26-33H,5-19,22-25H2,1-4H3,(H,46,52)(H,47,53). The van der Waals surface area contributed by atoms with E-state index in [0.29, 0.717) is 76.3 Å². The minimum absolute atomic E-state index is 0.0174. The van der Waals surface area contributed by atoms with Crippen LogP contribution in [0, 0.1) is 35.5 Å². The van der Waals surface area contributed by atoms with E-state index in [0.717, 1.165) is 56.8 Å². The Morgan fingerprint density at radius 2 is 0.934 bits per heavy atom. The fraction of sp³-hybridized carbons (Fsp3) is 0.644. The van der Waals surface area contributed by atoms with Gasteiger partial charge in [0.25, 0.3) is 0 Å². The Bertz CT molecular complexity index is 1760. The summed E-state index contributed by atoms with van der Waals surface area (Å²) in [5.41, 5.74) is -1.15. The van der Waals surface area contributed by atoms with Crippen LogP contribution in [0.1, 0.15) is 136 Å². The summed E-state index contributed by atoms with van der Waals surface area (Å²) in [6, 6.07) is 2.26. The van der Waals surface area contributed by atoms with Crippen LogP contribution in [-0.4, -0.2) is 48.8 Å². The summed E-state index contributed by atoms with van der Waals surface area (Å²) in [7, 11) is 0. The van der Waals surface area contributed by atoms with Crippen LogP contribution in [0.4, 0.5) is 0 Å². The molecule has 2 saturated carbocycles. The molecule has 336 valence electrons. The SMILES string of the molecule is CC(C)C(=O)NCC1CCC(C(=O)OCc2cc(=O)c(OC(=O)CCCCCCCC(=O)Oc3coc(COC(=O)C4CCC(CNC(=O)C(C)C)CC4)cc3=O)co2)CC1. The number of carbonyl (C=O) groups excluding carboxylic acids is 6. The van der Waals surface area contributed by atoms with Gasteiger partial charge in [0.05, 0.1) is 11.8 Å². The predicted octanol–water partition coefficient (Wildman–Crippen LogP) is 6.08. The molecule has 2 aliphatic carbocycles. The van der Waals surface area contributed by atoms with E-state index in [-0.39, 0.29) is 96.5 Å². The van der Waals surface area contributed by atoms with Gasteiger partial charge in [0.15, 0.2) is 0 Å². The van der Waals surface area contributed by atoms with E-state index in [4.69, 9.17) is 27.8 Å². The van der Waals surface area contributed by atoms with E-state index < -0.39 is 22.8 Å². The van der Waals surface area contributed by atoms with Gasteiger partial charge >= 0.3 is 23.9 Å². The Balaban J connectivity index is 1.03. The van der Waals surface area contributed by atoms with E-state index in [2.05, 4.69) is 10.6 Å². The Morgan fingerprint density at radius 1 is 0.574 bits per heavy atom. The lowest BCUT2D eigenvalue weighted by molar-refractivity contribution is -0.152. The number of hydrogen-bond acceptors (Lipinski definition) is 14. The summed E-state index contributed by atoms with van der Waals surface area (Å²) in [6.07, 6.45) is 11.1. The van der Waals surface area contributed by atoms with Crippen LogP contribution in [0.15, 0.2) is 43.1 Å². The molecular weight excluding hydrogens is 792 g/mol. The van der Waals surface area contributed by atoms with Crippen LogP contribution in [0.3, 0.4) is 0 Å². The third kappa shape index (κ3) is 17.0. The molecule has 0 aliphatic heterocycles. The number of unbranched alkanes of at least 4 members (excludes halogenated alkanes) is 4. The highest BCUT2D eigenvalue weighted by atomic mass is 16.6. The molecule has 16 nitrogen and oxygen atoms in total. The second-order valence-electron chi connectivity index (χ2n) is 16.8. The Morgan fingerprint density at radius 3 is 1.28 bits per heavy atom. The summed E-state index contributed by atoms with van der Waals surface area (Å²) < 4.78 is 31.9. The molecule has 2 N–H and O–H groups in total. The van der Waals surface area contributed by atoms with Crippen molar-refractivity contribution in [2.24, 2.45) is 35.5 Å². The zero-order valence-corrected chi connectivity index (χ0v) is 35.9. The number of rotatable bonds is 22. The third-order valence-corrected chi connectivity index (χ3v) is 11.2. The van der Waals surface area contributed by atoms with Crippen molar-refractivity contribution in [3.63, 3.8) is 0 Å². The van der Waals surface area contributed by atoms with Gasteiger partial charge < -0.3 is 38.4 Å². The van der Waals surface area contributed by atoms with Crippen molar-refractivity contribution in [2.45, 2.75) is 137 Å². The maximum atomic E-state index is 12.6. The first kappa shape index (κ1) is 48.4. The Labute approximate surface area is 356 Å². The molecule has 2 heterocycles. The van der Waals surface area contributed by atoms with E-state index >= 15 is 0 Å². The van der Waals surface area contributed by atoms with Crippen molar-refractivity contribution < 1.29 is 56.5 Å². The van der Waals surface area contributed by atoms with Gasteiger partial charge in [-0.2, -0.15) is 0 Å². The predicted molar refractivity (Wildman–Crippen MR) is 220 cm³/mol. The van der Waals surface area contributed by atoms with Crippen molar-refractivity contribution >= 4 is 35.7 Å². The molecule has 0 aromatic carbocycles. The van der Waals surface area contributed by atoms with Crippen molar-refractivity contribution in [1.82, 2.24) is 10.6 Å². The zero-order chi connectivity index (χ0) is 44.3. The van der Waals surface area contributed by atoms with Gasteiger partial charge in [-0.1, -0.05) is 47.0 Å². The van der Waals surface area contributed by atoms with E-state index in [1.54, 1.807) is 0 Å².